The third-order valence-electron chi connectivity index (χ3n) is 4.96. The van der Waals surface area contributed by atoms with Crippen LogP contribution in [0.1, 0.15) is 17.0 Å². The zero-order valence-electron chi connectivity index (χ0n) is 17.0. The van der Waals surface area contributed by atoms with Gasteiger partial charge < -0.3 is 4.74 Å². The molecule has 3 aromatic carbocycles. The number of hydrogen-bond acceptors (Lipinski definition) is 4. The number of hydrogen-bond donors (Lipinski definition) is 0. The van der Waals surface area contributed by atoms with Crippen LogP contribution in [0.3, 0.4) is 0 Å². The molecule has 0 spiro atoms. The number of fused-ring (bicyclic) bond motifs is 1. The van der Waals surface area contributed by atoms with E-state index < -0.39 is 0 Å². The third-order valence-corrected chi connectivity index (χ3v) is 6.74. The minimum atomic E-state index is 0.327. The van der Waals surface area contributed by atoms with Crippen molar-refractivity contribution in [1.29, 1.82) is 0 Å². The maximum atomic E-state index is 6.13. The van der Waals surface area contributed by atoms with Crippen LogP contribution in [0.5, 0.6) is 5.75 Å². The van der Waals surface area contributed by atoms with Crippen molar-refractivity contribution in [3.8, 4) is 5.75 Å². The van der Waals surface area contributed by atoms with Crippen LogP contribution in [0.15, 0.2) is 72.4 Å². The molecule has 0 unspecified atom stereocenters. The second-order valence-electron chi connectivity index (χ2n) is 7.03. The first-order valence-electron chi connectivity index (χ1n) is 9.77. The summed E-state index contributed by atoms with van der Waals surface area (Å²) in [6, 6.07) is 18.0. The molecule has 0 radical (unpaired) electrons. The maximum Gasteiger partial charge on any atom is 0.191 e. The number of allylic oxidation sites excluding steroid dienone is 1. The number of aromatic nitrogens is 3. The number of rotatable bonds is 8. The molecule has 158 valence electrons. The van der Waals surface area contributed by atoms with Gasteiger partial charge in [0.2, 0.25) is 0 Å². The maximum absolute atomic E-state index is 6.13. The minimum absolute atomic E-state index is 0.327. The van der Waals surface area contributed by atoms with Crippen molar-refractivity contribution in [2.75, 3.05) is 0 Å². The fourth-order valence-corrected chi connectivity index (χ4v) is 4.56. The van der Waals surface area contributed by atoms with Crippen molar-refractivity contribution in [3.63, 3.8) is 0 Å². The molecule has 4 aromatic rings. The summed E-state index contributed by atoms with van der Waals surface area (Å²) in [4.78, 5) is 0. The van der Waals surface area contributed by atoms with Gasteiger partial charge in [-0.2, -0.15) is 0 Å². The minimum Gasteiger partial charge on any atom is -0.485 e. The smallest absolute Gasteiger partial charge is 0.191 e. The van der Waals surface area contributed by atoms with Crippen LogP contribution in [0.2, 0.25) is 10.0 Å². The predicted molar refractivity (Wildman–Crippen MR) is 129 cm³/mol. The van der Waals surface area contributed by atoms with Crippen molar-refractivity contribution in [2.45, 2.75) is 31.0 Å². The largest absolute Gasteiger partial charge is 0.485 e. The number of thioether (sulfide) groups is 1. The van der Waals surface area contributed by atoms with Crippen LogP contribution in [0.25, 0.3) is 10.8 Å². The summed E-state index contributed by atoms with van der Waals surface area (Å²) >= 11 is 13.7. The molecule has 0 aliphatic heterocycles. The van der Waals surface area contributed by atoms with E-state index in [-0.39, 0.29) is 0 Å². The zero-order valence-corrected chi connectivity index (χ0v) is 19.3. The van der Waals surface area contributed by atoms with Crippen molar-refractivity contribution in [1.82, 2.24) is 14.8 Å². The highest BCUT2D eigenvalue weighted by Crippen LogP contribution is 2.29. The van der Waals surface area contributed by atoms with Gasteiger partial charge >= 0.3 is 0 Å². The molecule has 0 aliphatic carbocycles. The van der Waals surface area contributed by atoms with Crippen LogP contribution in [-0.4, -0.2) is 14.8 Å². The van der Waals surface area contributed by atoms with E-state index in [2.05, 4.69) is 41.9 Å². The Morgan fingerprint density at radius 2 is 1.90 bits per heavy atom. The van der Waals surface area contributed by atoms with Crippen LogP contribution >= 0.6 is 35.0 Å². The van der Waals surface area contributed by atoms with E-state index in [0.29, 0.717) is 28.9 Å². The number of aryl methyl sites for hydroxylation is 1. The molecular weight excluding hydrogens is 449 g/mol. The Kier molecular flexibility index (Phi) is 6.86. The monoisotopic (exact) mass is 469 g/mol. The first kappa shape index (κ1) is 21.8. The van der Waals surface area contributed by atoms with Crippen molar-refractivity contribution in [2.24, 2.45) is 0 Å². The number of halogens is 2. The Morgan fingerprint density at radius 1 is 1.06 bits per heavy atom. The summed E-state index contributed by atoms with van der Waals surface area (Å²) < 4.78 is 8.14. The van der Waals surface area contributed by atoms with Gasteiger partial charge in [-0.3, -0.25) is 4.57 Å². The van der Waals surface area contributed by atoms with E-state index in [4.69, 9.17) is 27.9 Å². The van der Waals surface area contributed by atoms with E-state index in [0.717, 1.165) is 27.9 Å². The molecule has 4 nitrogen and oxygen atoms in total. The standard InChI is InChI=1S/C24H21Cl2N3OS/c1-3-12-29-23(14-30-22-11-9-18-6-4-5-7-19(18)16(22)2)27-28-24(29)31-15-17-8-10-20(25)21(26)13-17/h3-11,13H,1,12,14-15H2,2H3. The van der Waals surface area contributed by atoms with Gasteiger partial charge in [-0.1, -0.05) is 77.4 Å². The highest BCUT2D eigenvalue weighted by atomic mass is 35.5. The molecule has 0 N–H and O–H groups in total. The Hall–Kier alpha value is -2.47. The molecule has 0 saturated carbocycles. The lowest BCUT2D eigenvalue weighted by Gasteiger charge is -2.12. The van der Waals surface area contributed by atoms with Gasteiger partial charge in [-0.05, 0) is 47.0 Å². The summed E-state index contributed by atoms with van der Waals surface area (Å²) in [7, 11) is 0. The summed E-state index contributed by atoms with van der Waals surface area (Å²) in [5, 5.41) is 13.0. The van der Waals surface area contributed by atoms with E-state index >= 15 is 0 Å². The zero-order chi connectivity index (χ0) is 21.8. The van der Waals surface area contributed by atoms with E-state index in [1.807, 2.05) is 41.0 Å². The topological polar surface area (TPSA) is 39.9 Å². The normalized spacial score (nSPS) is 11.1. The van der Waals surface area contributed by atoms with E-state index in [1.165, 1.54) is 10.8 Å². The molecule has 0 aliphatic rings. The molecule has 4 rings (SSSR count). The predicted octanol–water partition coefficient (Wildman–Crippen LogP) is 7.10. The van der Waals surface area contributed by atoms with E-state index in [1.54, 1.807) is 17.8 Å². The van der Waals surface area contributed by atoms with Gasteiger partial charge in [0, 0.05) is 12.3 Å². The lowest BCUT2D eigenvalue weighted by molar-refractivity contribution is 0.287. The Bertz CT molecular complexity index is 1240. The SMILES string of the molecule is C=CCn1c(COc2ccc3ccccc3c2C)nnc1SCc1ccc(Cl)c(Cl)c1. The van der Waals surface area contributed by atoms with E-state index in [9.17, 15) is 0 Å². The molecule has 0 atom stereocenters. The average molecular weight is 470 g/mol. The molecule has 31 heavy (non-hydrogen) atoms. The average Bonchev–Trinajstić information content (AvgIpc) is 3.16. The Labute approximate surface area is 195 Å². The quantitative estimate of drug-likeness (QED) is 0.203. The van der Waals surface area contributed by atoms with Gasteiger partial charge in [-0.25, -0.2) is 0 Å². The van der Waals surface area contributed by atoms with Crippen LogP contribution < -0.4 is 4.74 Å². The summed E-state index contributed by atoms with van der Waals surface area (Å²) in [5.41, 5.74) is 2.18. The lowest BCUT2D eigenvalue weighted by atomic mass is 10.0. The van der Waals surface area contributed by atoms with Gasteiger partial charge in [0.15, 0.2) is 11.0 Å². The molecule has 7 heteroatoms. The number of nitrogens with zero attached hydrogens (tertiary/aromatic N) is 3. The second kappa shape index (κ2) is 9.77. The van der Waals surface area contributed by atoms with Crippen molar-refractivity contribution < 1.29 is 4.74 Å². The summed E-state index contributed by atoms with van der Waals surface area (Å²) in [6.45, 7) is 6.87. The molecule has 0 bridgehead atoms. The van der Waals surface area contributed by atoms with Gasteiger partial charge in [0.1, 0.15) is 12.4 Å². The van der Waals surface area contributed by atoms with Gasteiger partial charge in [0.05, 0.1) is 10.0 Å². The second-order valence-corrected chi connectivity index (χ2v) is 8.79. The lowest BCUT2D eigenvalue weighted by Crippen LogP contribution is -2.08. The van der Waals surface area contributed by atoms with Gasteiger partial charge in [-0.15, -0.1) is 16.8 Å². The van der Waals surface area contributed by atoms with Crippen molar-refractivity contribution in [3.05, 3.63) is 94.2 Å². The van der Waals surface area contributed by atoms with Crippen LogP contribution in [0, 0.1) is 6.92 Å². The summed E-state index contributed by atoms with van der Waals surface area (Å²) in [6.07, 6.45) is 1.83. The Balaban J connectivity index is 1.50. The fraction of sp³-hybridized carbons (Fsp3) is 0.167. The molecule has 0 amide bonds. The third kappa shape index (κ3) is 4.90. The number of ether oxygens (including phenoxy) is 1. The fourth-order valence-electron chi connectivity index (χ4n) is 3.33. The Morgan fingerprint density at radius 3 is 2.71 bits per heavy atom. The van der Waals surface area contributed by atoms with Gasteiger partial charge in [0.25, 0.3) is 0 Å². The van der Waals surface area contributed by atoms with Crippen LogP contribution in [-0.2, 0) is 18.9 Å². The first-order chi connectivity index (χ1) is 15.1. The molecule has 1 aromatic heterocycles. The van der Waals surface area contributed by atoms with Crippen molar-refractivity contribution >= 4 is 45.7 Å². The number of benzene rings is 3. The summed E-state index contributed by atoms with van der Waals surface area (Å²) in [5.74, 6) is 2.30. The molecule has 0 saturated heterocycles. The highest BCUT2D eigenvalue weighted by Gasteiger charge is 2.14. The highest BCUT2D eigenvalue weighted by molar-refractivity contribution is 7.98. The first-order valence-corrected chi connectivity index (χ1v) is 11.5. The van der Waals surface area contributed by atoms with Crippen LogP contribution in [0.4, 0.5) is 0 Å². The molecule has 0 fully saturated rings. The molecular formula is C24H21Cl2N3OS. The molecule has 1 heterocycles.